The number of ketones is 1. The number of rotatable bonds is 12. The Kier molecular flexibility index (Phi) is 9.65. The third-order valence-corrected chi connectivity index (χ3v) is 6.32. The fourth-order valence-corrected chi connectivity index (χ4v) is 4.21. The van der Waals surface area contributed by atoms with Crippen LogP contribution in [-0.4, -0.2) is 37.5 Å². The van der Waals surface area contributed by atoms with Crippen molar-refractivity contribution in [1.82, 2.24) is 0 Å². The molecule has 0 aromatic heterocycles. The molecule has 1 atom stereocenters. The molecule has 0 spiro atoms. The van der Waals surface area contributed by atoms with Crippen LogP contribution in [0, 0.1) is 5.92 Å². The van der Waals surface area contributed by atoms with Gasteiger partial charge in [-0.3, -0.25) is 4.79 Å². The smallest absolute Gasteiger partial charge is 0.379 e. The standard InChI is InChI=1S/C29H35NO5/c1-4-7-11-21(5-2)20-35-28(32)24-14-15-26-23(18-24)16-17-30(26)19-25(22-12-9-8-10-13-22)27(31)29(33)34-6-3/h8-10,12-15,18-19,21H,4-7,11,16-17,20H2,1-3H3/b25-19+. The second-order valence-corrected chi connectivity index (χ2v) is 8.76. The van der Waals surface area contributed by atoms with Crippen molar-refractivity contribution in [2.45, 2.75) is 52.9 Å². The van der Waals surface area contributed by atoms with Crippen molar-refractivity contribution in [3.05, 3.63) is 71.4 Å². The minimum absolute atomic E-state index is 0.135. The fraction of sp³-hybridized carbons (Fsp3) is 0.414. The van der Waals surface area contributed by atoms with Gasteiger partial charge in [0.25, 0.3) is 5.78 Å². The number of Topliss-reactive ketones (excluding diaryl/α,β-unsaturated/α-hetero) is 1. The molecule has 1 unspecified atom stereocenters. The second-order valence-electron chi connectivity index (χ2n) is 8.76. The molecule has 0 fully saturated rings. The normalized spacial score (nSPS) is 13.8. The molecule has 0 saturated heterocycles. The van der Waals surface area contributed by atoms with Crippen LogP contribution in [0.3, 0.4) is 0 Å². The van der Waals surface area contributed by atoms with E-state index >= 15 is 0 Å². The molecule has 1 aliphatic rings. The van der Waals surface area contributed by atoms with Crippen molar-refractivity contribution in [2.75, 3.05) is 24.7 Å². The summed E-state index contributed by atoms with van der Waals surface area (Å²) in [4.78, 5) is 39.7. The fourth-order valence-electron chi connectivity index (χ4n) is 4.21. The van der Waals surface area contributed by atoms with Crippen LogP contribution in [0.15, 0.2) is 54.7 Å². The summed E-state index contributed by atoms with van der Waals surface area (Å²) in [6.45, 7) is 7.17. The van der Waals surface area contributed by atoms with Crippen LogP contribution in [-0.2, 0) is 25.5 Å². The van der Waals surface area contributed by atoms with Gasteiger partial charge in [0.2, 0.25) is 0 Å². The highest BCUT2D eigenvalue weighted by molar-refractivity contribution is 6.51. The molecule has 2 aromatic carbocycles. The molecule has 1 aliphatic heterocycles. The number of nitrogens with zero attached hydrogens (tertiary/aromatic N) is 1. The van der Waals surface area contributed by atoms with Gasteiger partial charge in [0, 0.05) is 18.4 Å². The van der Waals surface area contributed by atoms with Gasteiger partial charge in [-0.25, -0.2) is 9.59 Å². The van der Waals surface area contributed by atoms with E-state index < -0.39 is 11.8 Å². The molecule has 35 heavy (non-hydrogen) atoms. The molecule has 6 nitrogen and oxygen atoms in total. The molecule has 0 aliphatic carbocycles. The molecule has 1 heterocycles. The summed E-state index contributed by atoms with van der Waals surface area (Å²) in [7, 11) is 0. The first-order valence-electron chi connectivity index (χ1n) is 12.5. The molecule has 0 saturated carbocycles. The van der Waals surface area contributed by atoms with Crippen LogP contribution in [0.2, 0.25) is 0 Å². The number of fused-ring (bicyclic) bond motifs is 1. The van der Waals surface area contributed by atoms with Gasteiger partial charge in [-0.2, -0.15) is 0 Å². The number of unbranched alkanes of at least 4 members (excludes halogenated alkanes) is 1. The maximum atomic E-state index is 12.9. The topological polar surface area (TPSA) is 72.9 Å². The van der Waals surface area contributed by atoms with Gasteiger partial charge in [-0.15, -0.1) is 0 Å². The van der Waals surface area contributed by atoms with Crippen molar-refractivity contribution in [3.63, 3.8) is 0 Å². The Labute approximate surface area is 207 Å². The predicted molar refractivity (Wildman–Crippen MR) is 137 cm³/mol. The summed E-state index contributed by atoms with van der Waals surface area (Å²) in [6, 6.07) is 14.6. The van der Waals surface area contributed by atoms with E-state index in [2.05, 4.69) is 13.8 Å². The van der Waals surface area contributed by atoms with Crippen molar-refractivity contribution >= 4 is 29.0 Å². The first-order chi connectivity index (χ1) is 17.0. The molecule has 0 bridgehead atoms. The number of benzene rings is 2. The lowest BCUT2D eigenvalue weighted by molar-refractivity contribution is -0.150. The monoisotopic (exact) mass is 477 g/mol. The minimum Gasteiger partial charge on any atom is -0.462 e. The van der Waals surface area contributed by atoms with E-state index in [0.29, 0.717) is 30.2 Å². The highest BCUT2D eigenvalue weighted by Gasteiger charge is 2.26. The zero-order valence-electron chi connectivity index (χ0n) is 20.9. The maximum Gasteiger partial charge on any atom is 0.379 e. The Morgan fingerprint density at radius 3 is 2.46 bits per heavy atom. The van der Waals surface area contributed by atoms with Crippen molar-refractivity contribution in [3.8, 4) is 0 Å². The van der Waals surface area contributed by atoms with Gasteiger partial charge in [0.15, 0.2) is 0 Å². The number of ether oxygens (including phenoxy) is 2. The van der Waals surface area contributed by atoms with Crippen molar-refractivity contribution in [2.24, 2.45) is 5.92 Å². The summed E-state index contributed by atoms with van der Waals surface area (Å²) < 4.78 is 10.6. The molecule has 0 N–H and O–H groups in total. The summed E-state index contributed by atoms with van der Waals surface area (Å²) in [5, 5.41) is 0. The number of hydrogen-bond donors (Lipinski definition) is 0. The van der Waals surface area contributed by atoms with Crippen LogP contribution < -0.4 is 4.90 Å². The second kappa shape index (κ2) is 12.9. The molecule has 6 heteroatoms. The SMILES string of the molecule is CCCCC(CC)COC(=O)c1ccc2c(c1)CCN2/C=C(/C(=O)C(=O)OCC)c1ccccc1. The Balaban J connectivity index is 1.78. The number of hydrogen-bond acceptors (Lipinski definition) is 6. The Hall–Kier alpha value is -3.41. The molecule has 3 rings (SSSR count). The molecular weight excluding hydrogens is 442 g/mol. The highest BCUT2D eigenvalue weighted by Crippen LogP contribution is 2.31. The summed E-state index contributed by atoms with van der Waals surface area (Å²) in [5.41, 5.74) is 3.36. The van der Waals surface area contributed by atoms with Crippen LogP contribution >= 0.6 is 0 Å². The van der Waals surface area contributed by atoms with Gasteiger partial charge in [0.1, 0.15) is 0 Å². The van der Waals surface area contributed by atoms with Gasteiger partial charge >= 0.3 is 11.9 Å². The largest absolute Gasteiger partial charge is 0.462 e. The predicted octanol–water partition coefficient (Wildman–Crippen LogP) is 5.60. The van der Waals surface area contributed by atoms with E-state index in [4.69, 9.17) is 9.47 Å². The van der Waals surface area contributed by atoms with Crippen molar-refractivity contribution in [1.29, 1.82) is 0 Å². The van der Waals surface area contributed by atoms with Crippen LogP contribution in [0.1, 0.15) is 67.9 Å². The molecular formula is C29H35NO5. The summed E-state index contributed by atoms with van der Waals surface area (Å²) >= 11 is 0. The van der Waals surface area contributed by atoms with Gasteiger partial charge < -0.3 is 14.4 Å². The average Bonchev–Trinajstić information content (AvgIpc) is 3.29. The number of anilines is 1. The molecule has 0 radical (unpaired) electrons. The van der Waals surface area contributed by atoms with E-state index in [1.165, 1.54) is 0 Å². The quantitative estimate of drug-likeness (QED) is 0.225. The van der Waals surface area contributed by atoms with Gasteiger partial charge in [-0.1, -0.05) is 63.4 Å². The molecule has 0 amide bonds. The average molecular weight is 478 g/mol. The van der Waals surface area contributed by atoms with Crippen LogP contribution in [0.5, 0.6) is 0 Å². The van der Waals surface area contributed by atoms with E-state index in [-0.39, 0.29) is 18.1 Å². The van der Waals surface area contributed by atoms with Crippen molar-refractivity contribution < 1.29 is 23.9 Å². The Bertz CT molecular complexity index is 1060. The van der Waals surface area contributed by atoms with Crippen LogP contribution in [0.4, 0.5) is 5.69 Å². The highest BCUT2D eigenvalue weighted by atomic mass is 16.5. The summed E-state index contributed by atoms with van der Waals surface area (Å²) in [6.07, 6.45) is 6.77. The third-order valence-electron chi connectivity index (χ3n) is 6.32. The number of carbonyl (C=O) groups is 3. The molecule has 2 aromatic rings. The lowest BCUT2D eigenvalue weighted by Crippen LogP contribution is -2.22. The first-order valence-corrected chi connectivity index (χ1v) is 12.5. The minimum atomic E-state index is -0.871. The number of esters is 2. The number of carbonyl (C=O) groups excluding carboxylic acids is 3. The lowest BCUT2D eigenvalue weighted by atomic mass is 10.0. The van der Waals surface area contributed by atoms with Gasteiger partial charge in [0.05, 0.1) is 24.4 Å². The first kappa shape index (κ1) is 26.2. The van der Waals surface area contributed by atoms with Gasteiger partial charge in [-0.05, 0) is 55.0 Å². The van der Waals surface area contributed by atoms with Crippen LogP contribution in [0.25, 0.3) is 5.57 Å². The van der Waals surface area contributed by atoms with E-state index in [9.17, 15) is 14.4 Å². The Morgan fingerprint density at radius 2 is 1.77 bits per heavy atom. The Morgan fingerprint density at radius 1 is 1.00 bits per heavy atom. The van der Waals surface area contributed by atoms with E-state index in [1.54, 1.807) is 31.3 Å². The summed E-state index contributed by atoms with van der Waals surface area (Å²) in [5.74, 6) is -1.47. The molecule has 186 valence electrons. The zero-order valence-corrected chi connectivity index (χ0v) is 20.9. The zero-order chi connectivity index (χ0) is 25.2. The van der Waals surface area contributed by atoms with E-state index in [0.717, 1.165) is 43.4 Å². The van der Waals surface area contributed by atoms with E-state index in [1.807, 2.05) is 35.2 Å². The maximum absolute atomic E-state index is 12.9. The third kappa shape index (κ3) is 6.81. The lowest BCUT2D eigenvalue weighted by Gasteiger charge is -2.17.